The van der Waals surface area contributed by atoms with Crippen molar-refractivity contribution in [2.75, 3.05) is 7.11 Å². The molecule has 1 aliphatic rings. The maximum absolute atomic E-state index is 11.3. The Bertz CT molecular complexity index is 392. The van der Waals surface area contributed by atoms with Crippen LogP contribution >= 0.6 is 11.3 Å². The molecule has 1 fully saturated rings. The van der Waals surface area contributed by atoms with Crippen molar-refractivity contribution in [3.05, 3.63) is 16.1 Å². The van der Waals surface area contributed by atoms with Crippen LogP contribution in [0.1, 0.15) is 60.9 Å². The number of ether oxygens (including phenoxy) is 1. The van der Waals surface area contributed by atoms with Gasteiger partial charge in [0.2, 0.25) is 0 Å². The van der Waals surface area contributed by atoms with Gasteiger partial charge in [-0.15, -0.1) is 11.3 Å². The summed E-state index contributed by atoms with van der Waals surface area (Å²) in [5.41, 5.74) is 0.333. The summed E-state index contributed by atoms with van der Waals surface area (Å²) in [6, 6.07) is 0. The summed E-state index contributed by atoms with van der Waals surface area (Å²) in [5, 5.41) is 2.83. The minimum atomic E-state index is -0.241. The summed E-state index contributed by atoms with van der Waals surface area (Å²) in [4.78, 5) is 15.8. The highest BCUT2D eigenvalue weighted by atomic mass is 32.1. The third-order valence-electron chi connectivity index (χ3n) is 3.56. The van der Waals surface area contributed by atoms with Crippen LogP contribution in [-0.4, -0.2) is 17.9 Å². The Morgan fingerprint density at radius 2 is 2.00 bits per heavy atom. The van der Waals surface area contributed by atoms with E-state index in [2.05, 4.69) is 4.98 Å². The van der Waals surface area contributed by atoms with Crippen molar-refractivity contribution in [1.29, 1.82) is 0 Å². The minimum absolute atomic E-state index is 0.0346. The van der Waals surface area contributed by atoms with Crippen LogP contribution < -0.4 is 0 Å². The molecular weight excluding hydrogens is 234 g/mol. The van der Waals surface area contributed by atoms with E-state index < -0.39 is 0 Å². The lowest BCUT2D eigenvalue weighted by atomic mass is 9.95. The van der Waals surface area contributed by atoms with Crippen LogP contribution in [0.3, 0.4) is 0 Å². The van der Waals surface area contributed by atoms with E-state index in [0.29, 0.717) is 5.69 Å². The van der Waals surface area contributed by atoms with Gasteiger partial charge in [-0.25, -0.2) is 4.98 Å². The maximum Gasteiger partial charge on any atom is 0.178 e. The quantitative estimate of drug-likeness (QED) is 0.611. The minimum Gasteiger partial charge on any atom is -0.371 e. The molecule has 0 spiro atoms. The molecule has 2 rings (SSSR count). The molecule has 94 valence electrons. The third-order valence-corrected chi connectivity index (χ3v) is 4.58. The fourth-order valence-corrected chi connectivity index (χ4v) is 3.54. The highest BCUT2D eigenvalue weighted by Crippen LogP contribution is 2.40. The van der Waals surface area contributed by atoms with E-state index in [4.69, 9.17) is 4.74 Å². The first-order valence-corrected chi connectivity index (χ1v) is 7.08. The molecule has 1 saturated carbocycles. The molecule has 0 aromatic carbocycles. The molecule has 1 aromatic rings. The van der Waals surface area contributed by atoms with Crippen molar-refractivity contribution in [3.8, 4) is 0 Å². The van der Waals surface area contributed by atoms with E-state index in [1.807, 2.05) is 5.38 Å². The number of rotatable bonds is 3. The van der Waals surface area contributed by atoms with Gasteiger partial charge in [-0.3, -0.25) is 4.79 Å². The van der Waals surface area contributed by atoms with Crippen molar-refractivity contribution in [1.82, 2.24) is 4.98 Å². The van der Waals surface area contributed by atoms with Gasteiger partial charge in [0, 0.05) is 19.4 Å². The Labute approximate surface area is 106 Å². The summed E-state index contributed by atoms with van der Waals surface area (Å²) < 4.78 is 5.77. The van der Waals surface area contributed by atoms with Gasteiger partial charge in [0.1, 0.15) is 16.3 Å². The molecule has 17 heavy (non-hydrogen) atoms. The Balaban J connectivity index is 2.28. The van der Waals surface area contributed by atoms with Crippen LogP contribution in [-0.2, 0) is 10.3 Å². The largest absolute Gasteiger partial charge is 0.371 e. The smallest absolute Gasteiger partial charge is 0.178 e. The SMILES string of the molecule is COC1(c2nc(C(C)=O)cs2)CCCCCC1. The zero-order valence-corrected chi connectivity index (χ0v) is 11.3. The molecule has 0 amide bonds. The number of carbonyl (C=O) groups excluding carboxylic acids is 1. The maximum atomic E-state index is 11.3. The highest BCUT2D eigenvalue weighted by Gasteiger charge is 2.35. The molecule has 4 heteroatoms. The van der Waals surface area contributed by atoms with E-state index in [9.17, 15) is 4.79 Å². The lowest BCUT2D eigenvalue weighted by Crippen LogP contribution is -2.27. The Kier molecular flexibility index (Phi) is 3.94. The van der Waals surface area contributed by atoms with Crippen LogP contribution in [0.25, 0.3) is 0 Å². The second-order valence-electron chi connectivity index (χ2n) is 4.71. The van der Waals surface area contributed by atoms with Gasteiger partial charge < -0.3 is 4.74 Å². The number of thiazole rings is 1. The third kappa shape index (κ3) is 2.58. The van der Waals surface area contributed by atoms with E-state index in [1.165, 1.54) is 25.7 Å². The first-order valence-electron chi connectivity index (χ1n) is 6.20. The number of nitrogens with zero attached hydrogens (tertiary/aromatic N) is 1. The van der Waals surface area contributed by atoms with Gasteiger partial charge in [-0.2, -0.15) is 0 Å². The molecule has 0 bridgehead atoms. The normalized spacial score (nSPS) is 19.9. The summed E-state index contributed by atoms with van der Waals surface area (Å²) in [6.07, 6.45) is 6.96. The van der Waals surface area contributed by atoms with Gasteiger partial charge in [-0.1, -0.05) is 25.7 Å². The topological polar surface area (TPSA) is 39.2 Å². The standard InChI is InChI=1S/C13H19NO2S/c1-10(15)11-9-17-12(14-11)13(16-2)7-5-3-4-6-8-13/h9H,3-8H2,1-2H3. The monoisotopic (exact) mass is 253 g/mol. The predicted molar refractivity (Wildman–Crippen MR) is 68.5 cm³/mol. The van der Waals surface area contributed by atoms with Crippen molar-refractivity contribution in [3.63, 3.8) is 0 Å². The average Bonchev–Trinajstić information content (AvgIpc) is 2.70. The number of carbonyl (C=O) groups is 1. The van der Waals surface area contributed by atoms with Crippen molar-refractivity contribution in [2.45, 2.75) is 51.0 Å². The molecule has 1 aliphatic carbocycles. The Hall–Kier alpha value is -0.740. The van der Waals surface area contributed by atoms with E-state index >= 15 is 0 Å². The van der Waals surface area contributed by atoms with Gasteiger partial charge in [0.15, 0.2) is 5.78 Å². The Morgan fingerprint density at radius 3 is 2.47 bits per heavy atom. The molecule has 1 heterocycles. The van der Waals surface area contributed by atoms with Gasteiger partial charge >= 0.3 is 0 Å². The van der Waals surface area contributed by atoms with Crippen LogP contribution in [0, 0.1) is 0 Å². The summed E-state index contributed by atoms with van der Waals surface area (Å²) in [5.74, 6) is 0.0346. The lowest BCUT2D eigenvalue weighted by Gasteiger charge is -2.28. The van der Waals surface area contributed by atoms with Crippen molar-refractivity contribution in [2.24, 2.45) is 0 Å². The van der Waals surface area contributed by atoms with Gasteiger partial charge in [-0.05, 0) is 12.8 Å². The molecule has 0 aliphatic heterocycles. The molecule has 1 aromatic heterocycles. The first kappa shape index (κ1) is 12.7. The van der Waals surface area contributed by atoms with Crippen LogP contribution in [0.2, 0.25) is 0 Å². The van der Waals surface area contributed by atoms with Crippen LogP contribution in [0.4, 0.5) is 0 Å². The molecule has 0 radical (unpaired) electrons. The van der Waals surface area contributed by atoms with E-state index in [-0.39, 0.29) is 11.4 Å². The first-order chi connectivity index (χ1) is 8.18. The second-order valence-corrected chi connectivity index (χ2v) is 5.56. The van der Waals surface area contributed by atoms with Crippen LogP contribution in [0.5, 0.6) is 0 Å². The van der Waals surface area contributed by atoms with Gasteiger partial charge in [0.05, 0.1) is 0 Å². The summed E-state index contributed by atoms with van der Waals surface area (Å²) >= 11 is 1.56. The zero-order valence-electron chi connectivity index (χ0n) is 10.5. The van der Waals surface area contributed by atoms with Crippen LogP contribution in [0.15, 0.2) is 5.38 Å². The molecule has 0 unspecified atom stereocenters. The number of hydrogen-bond acceptors (Lipinski definition) is 4. The number of aromatic nitrogens is 1. The molecule has 3 nitrogen and oxygen atoms in total. The Morgan fingerprint density at radius 1 is 1.35 bits per heavy atom. The van der Waals surface area contributed by atoms with Gasteiger partial charge in [0.25, 0.3) is 0 Å². The fraction of sp³-hybridized carbons (Fsp3) is 0.692. The second kappa shape index (κ2) is 5.27. The number of ketones is 1. The molecule has 0 atom stereocenters. The summed E-state index contributed by atoms with van der Waals surface area (Å²) in [7, 11) is 1.76. The molecular formula is C13H19NO2S. The average molecular weight is 253 g/mol. The molecule has 0 saturated heterocycles. The van der Waals surface area contributed by atoms with E-state index in [1.54, 1.807) is 25.4 Å². The lowest BCUT2D eigenvalue weighted by molar-refractivity contribution is -0.0280. The summed E-state index contributed by atoms with van der Waals surface area (Å²) in [6.45, 7) is 1.56. The zero-order chi connectivity index (χ0) is 12.3. The highest BCUT2D eigenvalue weighted by molar-refractivity contribution is 7.10. The van der Waals surface area contributed by atoms with Crippen molar-refractivity contribution >= 4 is 17.1 Å². The fourth-order valence-electron chi connectivity index (χ4n) is 2.45. The predicted octanol–water partition coefficient (Wildman–Crippen LogP) is 3.54. The van der Waals surface area contributed by atoms with E-state index in [0.717, 1.165) is 17.8 Å². The number of Topliss-reactive ketones (excluding diaryl/α,β-unsaturated/α-hetero) is 1. The number of hydrogen-bond donors (Lipinski definition) is 0. The number of methoxy groups -OCH3 is 1. The van der Waals surface area contributed by atoms with Crippen molar-refractivity contribution < 1.29 is 9.53 Å². The molecule has 0 N–H and O–H groups in total.